The molecule has 0 radical (unpaired) electrons. The van der Waals surface area contributed by atoms with E-state index in [9.17, 15) is 8.42 Å². The van der Waals surface area contributed by atoms with Gasteiger partial charge in [-0.2, -0.15) is 0 Å². The monoisotopic (exact) mass is 384 g/mol. The van der Waals surface area contributed by atoms with Crippen LogP contribution in [0.15, 0.2) is 57.9 Å². The molecule has 1 heterocycles. The fourth-order valence-corrected chi connectivity index (χ4v) is 4.20. The summed E-state index contributed by atoms with van der Waals surface area (Å²) in [5.74, 6) is 0.158. The Morgan fingerprint density at radius 2 is 1.81 bits per heavy atom. The molecule has 3 rings (SSSR count). The van der Waals surface area contributed by atoms with E-state index in [4.69, 9.17) is 4.52 Å². The molecule has 1 N–H and O–H groups in total. The first kappa shape index (κ1) is 19.2. The van der Waals surface area contributed by atoms with Crippen molar-refractivity contribution < 1.29 is 12.9 Å². The van der Waals surface area contributed by atoms with E-state index in [-0.39, 0.29) is 10.8 Å². The number of hydrogen-bond donors (Lipinski definition) is 1. The molecule has 0 fully saturated rings. The third kappa shape index (κ3) is 4.22. The second kappa shape index (κ2) is 7.96. The molecule has 3 aromatic rings. The van der Waals surface area contributed by atoms with Crippen LogP contribution in [0, 0.1) is 13.8 Å². The highest BCUT2D eigenvalue weighted by Crippen LogP contribution is 2.31. The molecule has 142 valence electrons. The lowest BCUT2D eigenvalue weighted by molar-refractivity contribution is 0.430. The second-order valence-corrected chi connectivity index (χ2v) is 8.28. The molecule has 0 atom stereocenters. The number of hydrogen-bond acceptors (Lipinski definition) is 4. The third-order valence-corrected chi connectivity index (χ3v) is 5.99. The predicted molar refractivity (Wildman–Crippen MR) is 107 cm³/mol. The van der Waals surface area contributed by atoms with E-state index >= 15 is 0 Å². The lowest BCUT2D eigenvalue weighted by atomic mass is 10.0. The minimum Gasteiger partial charge on any atom is -0.337 e. The molecular weight excluding hydrogens is 360 g/mol. The number of unbranched alkanes of at least 4 members (excludes halogenated alkanes) is 1. The van der Waals surface area contributed by atoms with Gasteiger partial charge in [0.25, 0.3) is 10.0 Å². The molecule has 5 nitrogen and oxygen atoms in total. The fourth-order valence-electron chi connectivity index (χ4n) is 2.87. The predicted octanol–water partition coefficient (Wildman–Crippen LogP) is 5.10. The van der Waals surface area contributed by atoms with E-state index in [1.807, 2.05) is 42.5 Å². The number of aromatic nitrogens is 1. The van der Waals surface area contributed by atoms with Gasteiger partial charge in [0.2, 0.25) is 5.88 Å². The smallest absolute Gasteiger partial charge is 0.264 e. The summed E-state index contributed by atoms with van der Waals surface area (Å²) in [4.78, 5) is 0.246. The van der Waals surface area contributed by atoms with Crippen molar-refractivity contribution in [3.05, 3.63) is 65.4 Å². The van der Waals surface area contributed by atoms with E-state index in [0.717, 1.165) is 30.4 Å². The Morgan fingerprint density at radius 1 is 1.07 bits per heavy atom. The Kier molecular flexibility index (Phi) is 5.65. The Hall–Kier alpha value is -2.60. The summed E-state index contributed by atoms with van der Waals surface area (Å²) in [5.41, 5.74) is 3.86. The van der Waals surface area contributed by atoms with Gasteiger partial charge in [-0.1, -0.05) is 61.0 Å². The summed E-state index contributed by atoms with van der Waals surface area (Å²) in [6.07, 6.45) is 2.91. The summed E-state index contributed by atoms with van der Waals surface area (Å²) in [7, 11) is -3.83. The zero-order chi connectivity index (χ0) is 19.4. The van der Waals surface area contributed by atoms with Crippen molar-refractivity contribution >= 4 is 15.9 Å². The molecule has 0 saturated heterocycles. The van der Waals surface area contributed by atoms with Gasteiger partial charge in [0.05, 0.1) is 10.6 Å². The van der Waals surface area contributed by atoms with Crippen LogP contribution < -0.4 is 4.72 Å². The zero-order valence-corrected chi connectivity index (χ0v) is 16.6. The van der Waals surface area contributed by atoms with Gasteiger partial charge in [-0.05, 0) is 43.9 Å². The Labute approximate surface area is 160 Å². The number of benzene rings is 2. The van der Waals surface area contributed by atoms with Crippen molar-refractivity contribution in [2.45, 2.75) is 44.9 Å². The molecule has 0 spiro atoms. The first-order valence-electron chi connectivity index (χ1n) is 9.06. The molecule has 0 aliphatic rings. The number of nitrogens with zero attached hydrogens (tertiary/aromatic N) is 1. The Morgan fingerprint density at radius 3 is 2.44 bits per heavy atom. The fraction of sp³-hybridized carbons (Fsp3) is 0.286. The van der Waals surface area contributed by atoms with Crippen LogP contribution in [0.1, 0.15) is 36.6 Å². The summed E-state index contributed by atoms with van der Waals surface area (Å²) >= 11 is 0. The summed E-state index contributed by atoms with van der Waals surface area (Å²) < 4.78 is 34.1. The molecule has 0 saturated carbocycles. The molecule has 27 heavy (non-hydrogen) atoms. The lowest BCUT2D eigenvalue weighted by Gasteiger charge is -2.13. The summed E-state index contributed by atoms with van der Waals surface area (Å²) in [6.45, 7) is 5.67. The standard InChI is InChI=1S/C21H24N2O3S/c1-4-5-9-17-12-13-19(18-10-7-6-8-11-18)20(14-17)27(24,25)23-21-15(2)16(3)22-26-21/h6-8,10-14,23H,4-5,9H2,1-3H3. The zero-order valence-electron chi connectivity index (χ0n) is 15.8. The van der Waals surface area contributed by atoms with E-state index in [1.54, 1.807) is 19.9 Å². The van der Waals surface area contributed by atoms with Crippen LogP contribution in [0.4, 0.5) is 5.88 Å². The van der Waals surface area contributed by atoms with E-state index in [1.165, 1.54) is 0 Å². The molecule has 6 heteroatoms. The highest BCUT2D eigenvalue weighted by molar-refractivity contribution is 7.92. The maximum Gasteiger partial charge on any atom is 0.264 e. The first-order chi connectivity index (χ1) is 12.9. The van der Waals surface area contributed by atoms with Crippen molar-refractivity contribution in [1.29, 1.82) is 0 Å². The van der Waals surface area contributed by atoms with Crippen LogP contribution in [-0.4, -0.2) is 13.6 Å². The summed E-state index contributed by atoms with van der Waals surface area (Å²) in [5, 5.41) is 3.83. The van der Waals surface area contributed by atoms with Crippen LogP contribution in [0.2, 0.25) is 0 Å². The van der Waals surface area contributed by atoms with E-state index in [0.29, 0.717) is 16.8 Å². The molecule has 0 unspecified atom stereocenters. The molecule has 0 amide bonds. The van der Waals surface area contributed by atoms with Gasteiger partial charge in [-0.15, -0.1) is 0 Å². The molecular formula is C21H24N2O3S. The van der Waals surface area contributed by atoms with Gasteiger partial charge in [0.1, 0.15) is 0 Å². The largest absolute Gasteiger partial charge is 0.337 e. The van der Waals surface area contributed by atoms with Crippen molar-refractivity contribution in [3.8, 4) is 11.1 Å². The van der Waals surface area contributed by atoms with Crippen LogP contribution in [0.3, 0.4) is 0 Å². The number of nitrogens with one attached hydrogen (secondary N) is 1. The SMILES string of the molecule is CCCCc1ccc(-c2ccccc2)c(S(=O)(=O)Nc2onc(C)c2C)c1. The molecule has 0 aliphatic heterocycles. The van der Waals surface area contributed by atoms with Crippen LogP contribution >= 0.6 is 0 Å². The van der Waals surface area contributed by atoms with Crippen molar-refractivity contribution in [3.63, 3.8) is 0 Å². The van der Waals surface area contributed by atoms with Gasteiger partial charge in [-0.25, -0.2) is 13.1 Å². The van der Waals surface area contributed by atoms with Gasteiger partial charge in [0, 0.05) is 11.1 Å². The van der Waals surface area contributed by atoms with Crippen LogP contribution in [-0.2, 0) is 16.4 Å². The van der Waals surface area contributed by atoms with Crippen LogP contribution in [0.5, 0.6) is 0 Å². The maximum absolute atomic E-state index is 13.2. The quantitative estimate of drug-likeness (QED) is 0.615. The van der Waals surface area contributed by atoms with Gasteiger partial charge < -0.3 is 4.52 Å². The van der Waals surface area contributed by atoms with Crippen molar-refractivity contribution in [1.82, 2.24) is 5.16 Å². The van der Waals surface area contributed by atoms with Crippen LogP contribution in [0.25, 0.3) is 11.1 Å². The molecule has 0 bridgehead atoms. The van der Waals surface area contributed by atoms with Crippen molar-refractivity contribution in [2.24, 2.45) is 0 Å². The van der Waals surface area contributed by atoms with E-state index in [2.05, 4.69) is 16.8 Å². The minimum atomic E-state index is -3.83. The van der Waals surface area contributed by atoms with Gasteiger partial charge in [-0.3, -0.25) is 0 Å². The first-order valence-corrected chi connectivity index (χ1v) is 10.5. The van der Waals surface area contributed by atoms with Crippen molar-refractivity contribution in [2.75, 3.05) is 4.72 Å². The molecule has 0 aliphatic carbocycles. The highest BCUT2D eigenvalue weighted by atomic mass is 32.2. The highest BCUT2D eigenvalue weighted by Gasteiger charge is 2.23. The minimum absolute atomic E-state index is 0.158. The number of anilines is 1. The third-order valence-electron chi connectivity index (χ3n) is 4.62. The Balaban J connectivity index is 2.08. The Bertz CT molecular complexity index is 1020. The summed E-state index contributed by atoms with van der Waals surface area (Å²) in [6, 6.07) is 15.2. The van der Waals surface area contributed by atoms with Gasteiger partial charge in [0.15, 0.2) is 0 Å². The normalized spacial score (nSPS) is 11.5. The average molecular weight is 385 g/mol. The number of sulfonamides is 1. The average Bonchev–Trinajstić information content (AvgIpc) is 2.98. The molecule has 2 aromatic carbocycles. The number of aryl methyl sites for hydroxylation is 2. The van der Waals surface area contributed by atoms with E-state index < -0.39 is 10.0 Å². The lowest BCUT2D eigenvalue weighted by Crippen LogP contribution is -2.15. The number of rotatable bonds is 7. The van der Waals surface area contributed by atoms with Gasteiger partial charge >= 0.3 is 0 Å². The second-order valence-electron chi connectivity index (χ2n) is 6.63. The maximum atomic E-state index is 13.2. The molecule has 1 aromatic heterocycles. The topological polar surface area (TPSA) is 72.2 Å².